The average molecular weight is 378 g/mol. The van der Waals surface area contributed by atoms with Gasteiger partial charge in [0.15, 0.2) is 9.84 Å². The molecule has 0 aliphatic rings. The number of nitrogens with one attached hydrogen (secondary N) is 1. The lowest BCUT2D eigenvalue weighted by molar-refractivity contribution is 0.102. The fourth-order valence-corrected chi connectivity index (χ4v) is 2.76. The normalized spacial score (nSPS) is 11.3. The third kappa shape index (κ3) is 4.04. The Balaban J connectivity index is 1.76. The molecule has 25 heavy (non-hydrogen) atoms. The van der Waals surface area contributed by atoms with Crippen LogP contribution >= 0.6 is 11.6 Å². The molecule has 3 rings (SSSR count). The summed E-state index contributed by atoms with van der Waals surface area (Å²) in [6.45, 7) is 0. The number of nitrogens with zero attached hydrogens (tertiary/aromatic N) is 2. The highest BCUT2D eigenvalue weighted by Crippen LogP contribution is 2.22. The molecule has 9 heteroatoms. The average Bonchev–Trinajstić information content (AvgIpc) is 3.03. The molecule has 0 saturated carbocycles. The third-order valence-electron chi connectivity index (χ3n) is 3.28. The number of benzene rings is 2. The van der Waals surface area contributed by atoms with Crippen LogP contribution in [0.15, 0.2) is 57.8 Å². The number of carbonyl (C=O) groups excluding carboxylic acids is 1. The number of sulfone groups is 1. The largest absolute Gasteiger partial charge is 0.403 e. The van der Waals surface area contributed by atoms with Gasteiger partial charge < -0.3 is 4.42 Å². The van der Waals surface area contributed by atoms with E-state index in [4.69, 9.17) is 16.0 Å². The maximum atomic E-state index is 12.1. The van der Waals surface area contributed by atoms with E-state index in [1.165, 1.54) is 12.1 Å². The first-order chi connectivity index (χ1) is 11.8. The maximum absolute atomic E-state index is 12.1. The highest BCUT2D eigenvalue weighted by Gasteiger charge is 2.14. The van der Waals surface area contributed by atoms with E-state index in [2.05, 4.69) is 15.5 Å². The molecule has 1 N–H and O–H groups in total. The molecule has 0 atom stereocenters. The third-order valence-corrected chi connectivity index (χ3v) is 4.66. The summed E-state index contributed by atoms with van der Waals surface area (Å²) in [7, 11) is -3.28. The van der Waals surface area contributed by atoms with E-state index in [-0.39, 0.29) is 16.8 Å². The Labute approximate surface area is 148 Å². The van der Waals surface area contributed by atoms with Crippen LogP contribution in [-0.2, 0) is 9.84 Å². The summed E-state index contributed by atoms with van der Waals surface area (Å²) >= 11 is 5.78. The van der Waals surface area contributed by atoms with Crippen molar-refractivity contribution in [3.8, 4) is 11.5 Å². The Morgan fingerprint density at radius 1 is 1.04 bits per heavy atom. The molecule has 0 aliphatic heterocycles. The number of amides is 1. The van der Waals surface area contributed by atoms with Crippen LogP contribution in [0.3, 0.4) is 0 Å². The fraction of sp³-hybridized carbons (Fsp3) is 0.0625. The van der Waals surface area contributed by atoms with Crippen LogP contribution < -0.4 is 5.32 Å². The van der Waals surface area contributed by atoms with Crippen LogP contribution in [0.4, 0.5) is 6.01 Å². The first-order valence-corrected chi connectivity index (χ1v) is 9.31. The minimum absolute atomic E-state index is 0.0675. The summed E-state index contributed by atoms with van der Waals surface area (Å²) < 4.78 is 28.3. The number of hydrogen-bond acceptors (Lipinski definition) is 6. The lowest BCUT2D eigenvalue weighted by atomic mass is 10.2. The molecule has 7 nitrogen and oxygen atoms in total. The van der Waals surface area contributed by atoms with Crippen LogP contribution in [0.5, 0.6) is 0 Å². The van der Waals surface area contributed by atoms with E-state index in [1.807, 2.05) is 0 Å². The van der Waals surface area contributed by atoms with E-state index >= 15 is 0 Å². The Morgan fingerprint density at radius 3 is 2.28 bits per heavy atom. The van der Waals surface area contributed by atoms with Crippen LogP contribution in [0, 0.1) is 0 Å². The number of hydrogen-bond donors (Lipinski definition) is 1. The van der Waals surface area contributed by atoms with Gasteiger partial charge in [0.25, 0.3) is 5.91 Å². The fourth-order valence-electron chi connectivity index (χ4n) is 2.01. The second kappa shape index (κ2) is 6.66. The minimum Gasteiger partial charge on any atom is -0.403 e. The smallest absolute Gasteiger partial charge is 0.322 e. The molecular weight excluding hydrogens is 366 g/mol. The van der Waals surface area contributed by atoms with Crippen molar-refractivity contribution in [2.24, 2.45) is 0 Å². The summed E-state index contributed by atoms with van der Waals surface area (Å²) in [5, 5.41) is 10.6. The Morgan fingerprint density at radius 2 is 1.68 bits per heavy atom. The van der Waals surface area contributed by atoms with Crippen molar-refractivity contribution in [1.29, 1.82) is 0 Å². The minimum atomic E-state index is -3.28. The molecule has 2 aromatic carbocycles. The van der Waals surface area contributed by atoms with Gasteiger partial charge in [0.05, 0.1) is 4.90 Å². The van der Waals surface area contributed by atoms with E-state index < -0.39 is 15.7 Å². The van der Waals surface area contributed by atoms with Gasteiger partial charge in [0, 0.05) is 22.4 Å². The van der Waals surface area contributed by atoms with Crippen LogP contribution in [0.1, 0.15) is 10.4 Å². The summed E-state index contributed by atoms with van der Waals surface area (Å²) in [4.78, 5) is 12.3. The number of halogens is 1. The van der Waals surface area contributed by atoms with Gasteiger partial charge >= 0.3 is 6.01 Å². The van der Waals surface area contributed by atoms with Crippen LogP contribution in [0.25, 0.3) is 11.5 Å². The molecule has 0 bridgehead atoms. The molecule has 0 aliphatic carbocycles. The summed E-state index contributed by atoms with van der Waals surface area (Å²) in [6.07, 6.45) is 1.12. The van der Waals surface area contributed by atoms with Crippen molar-refractivity contribution >= 4 is 33.4 Å². The second-order valence-electron chi connectivity index (χ2n) is 5.17. The predicted molar refractivity (Wildman–Crippen MR) is 92.2 cm³/mol. The molecule has 0 saturated heterocycles. The van der Waals surface area contributed by atoms with Gasteiger partial charge in [0.1, 0.15) is 0 Å². The molecule has 1 aromatic heterocycles. The van der Waals surface area contributed by atoms with E-state index in [1.54, 1.807) is 36.4 Å². The van der Waals surface area contributed by atoms with Crippen LogP contribution in [-0.4, -0.2) is 30.8 Å². The van der Waals surface area contributed by atoms with Crippen molar-refractivity contribution in [1.82, 2.24) is 10.2 Å². The molecule has 128 valence electrons. The zero-order valence-corrected chi connectivity index (χ0v) is 14.5. The Kier molecular flexibility index (Phi) is 4.56. The van der Waals surface area contributed by atoms with Crippen LogP contribution in [0.2, 0.25) is 5.02 Å². The number of rotatable bonds is 4. The standard InChI is InChI=1S/C16H12ClN3O4S/c1-25(22,23)13-8-4-11(5-9-13)15-19-20-16(24-15)18-14(21)10-2-6-12(17)7-3-10/h2-9H,1H3,(H,18,20,21). The van der Waals surface area contributed by atoms with E-state index in [0.717, 1.165) is 6.26 Å². The first kappa shape index (κ1) is 17.1. The Hall–Kier alpha value is -2.71. The Bertz CT molecular complexity index is 1010. The van der Waals surface area contributed by atoms with Crippen molar-refractivity contribution in [3.05, 3.63) is 59.1 Å². The molecule has 0 fully saturated rings. The van der Waals surface area contributed by atoms with Crippen molar-refractivity contribution in [2.75, 3.05) is 11.6 Å². The van der Waals surface area contributed by atoms with Crippen molar-refractivity contribution < 1.29 is 17.6 Å². The highest BCUT2D eigenvalue weighted by molar-refractivity contribution is 7.90. The highest BCUT2D eigenvalue weighted by atomic mass is 35.5. The SMILES string of the molecule is CS(=O)(=O)c1ccc(-c2nnc(NC(=O)c3ccc(Cl)cc3)o2)cc1. The van der Waals surface area contributed by atoms with Crippen molar-refractivity contribution in [2.45, 2.75) is 4.90 Å². The molecule has 0 spiro atoms. The topological polar surface area (TPSA) is 102 Å². The van der Waals surface area contributed by atoms with Gasteiger partial charge in [-0.2, -0.15) is 0 Å². The lowest BCUT2D eigenvalue weighted by Gasteiger charge is -2.01. The van der Waals surface area contributed by atoms with E-state index in [9.17, 15) is 13.2 Å². The number of aromatic nitrogens is 2. The molecule has 0 unspecified atom stereocenters. The van der Waals surface area contributed by atoms with E-state index in [0.29, 0.717) is 16.1 Å². The van der Waals surface area contributed by atoms with Gasteiger partial charge in [-0.15, -0.1) is 5.10 Å². The summed E-state index contributed by atoms with van der Waals surface area (Å²) in [6, 6.07) is 12.3. The lowest BCUT2D eigenvalue weighted by Crippen LogP contribution is -2.11. The summed E-state index contributed by atoms with van der Waals surface area (Å²) in [5.74, 6) is -0.259. The number of carbonyl (C=O) groups is 1. The molecule has 0 radical (unpaired) electrons. The molecule has 3 aromatic rings. The first-order valence-electron chi connectivity index (χ1n) is 7.04. The molecular formula is C16H12ClN3O4S. The zero-order valence-electron chi connectivity index (χ0n) is 12.9. The predicted octanol–water partition coefficient (Wildman–Crippen LogP) is 3.05. The number of anilines is 1. The molecule has 1 heterocycles. The zero-order chi connectivity index (χ0) is 18.0. The monoisotopic (exact) mass is 377 g/mol. The van der Waals surface area contributed by atoms with Gasteiger partial charge in [-0.1, -0.05) is 16.7 Å². The quantitative estimate of drug-likeness (QED) is 0.749. The summed E-state index contributed by atoms with van der Waals surface area (Å²) in [5.41, 5.74) is 0.925. The maximum Gasteiger partial charge on any atom is 0.322 e. The van der Waals surface area contributed by atoms with Gasteiger partial charge in [0.2, 0.25) is 5.89 Å². The van der Waals surface area contributed by atoms with Gasteiger partial charge in [-0.05, 0) is 48.5 Å². The van der Waals surface area contributed by atoms with Crippen molar-refractivity contribution in [3.63, 3.8) is 0 Å². The van der Waals surface area contributed by atoms with Gasteiger partial charge in [-0.25, -0.2) is 8.42 Å². The van der Waals surface area contributed by atoms with Gasteiger partial charge in [-0.3, -0.25) is 10.1 Å². The molecule has 1 amide bonds. The second-order valence-corrected chi connectivity index (χ2v) is 7.62.